The first kappa shape index (κ1) is 18.1. The highest BCUT2D eigenvalue weighted by Gasteiger charge is 2.27. The maximum Gasteiger partial charge on any atom is 0.265 e. The topological polar surface area (TPSA) is 58.6 Å². The molecule has 1 heterocycles. The summed E-state index contributed by atoms with van der Waals surface area (Å²) < 4.78 is 5.33. The monoisotopic (exact) mass is 418 g/mol. The average molecular weight is 420 g/mol. The van der Waals surface area contributed by atoms with Crippen molar-refractivity contribution in [2.45, 2.75) is 0 Å². The van der Waals surface area contributed by atoms with Crippen LogP contribution in [0.2, 0.25) is 20.1 Å². The van der Waals surface area contributed by atoms with Gasteiger partial charge in [0.1, 0.15) is 12.3 Å². The number of nitrogens with zero attached hydrogens (tertiary/aromatic N) is 1. The molecule has 2 aromatic carbocycles. The highest BCUT2D eigenvalue weighted by Crippen LogP contribution is 2.35. The maximum absolute atomic E-state index is 12.4. The second-order valence-electron chi connectivity index (χ2n) is 5.17. The van der Waals surface area contributed by atoms with E-state index in [2.05, 4.69) is 5.32 Å². The van der Waals surface area contributed by atoms with Crippen LogP contribution in [0.15, 0.2) is 30.3 Å². The van der Waals surface area contributed by atoms with E-state index in [1.807, 2.05) is 0 Å². The van der Waals surface area contributed by atoms with Gasteiger partial charge < -0.3 is 10.1 Å². The van der Waals surface area contributed by atoms with Gasteiger partial charge in [-0.15, -0.1) is 0 Å². The lowest BCUT2D eigenvalue weighted by atomic mass is 10.2. The van der Waals surface area contributed by atoms with Crippen molar-refractivity contribution in [3.63, 3.8) is 0 Å². The van der Waals surface area contributed by atoms with Crippen molar-refractivity contribution in [3.8, 4) is 5.75 Å². The number of hydrogen-bond donors (Lipinski definition) is 1. The molecule has 0 unspecified atom stereocenters. The van der Waals surface area contributed by atoms with Crippen LogP contribution in [-0.2, 0) is 9.59 Å². The molecule has 3 rings (SSSR count). The molecular weight excluding hydrogens is 410 g/mol. The lowest BCUT2D eigenvalue weighted by Gasteiger charge is -2.29. The van der Waals surface area contributed by atoms with Crippen molar-refractivity contribution in [2.24, 2.45) is 0 Å². The Morgan fingerprint density at radius 3 is 2.56 bits per heavy atom. The predicted octanol–water partition coefficient (Wildman–Crippen LogP) is 4.66. The maximum atomic E-state index is 12.4. The molecule has 0 bridgehead atoms. The first-order valence-corrected chi connectivity index (χ1v) is 8.53. The van der Waals surface area contributed by atoms with Crippen LogP contribution in [-0.4, -0.2) is 25.0 Å². The number of halogens is 4. The Kier molecular flexibility index (Phi) is 5.29. The van der Waals surface area contributed by atoms with Crippen LogP contribution in [0.3, 0.4) is 0 Å². The summed E-state index contributed by atoms with van der Waals surface area (Å²) in [5.74, 6) is -0.337. The minimum atomic E-state index is -0.457. The third-order valence-corrected chi connectivity index (χ3v) is 4.72. The number of rotatable bonds is 3. The lowest BCUT2D eigenvalue weighted by Crippen LogP contribution is -2.43. The zero-order valence-electron chi connectivity index (χ0n) is 12.5. The van der Waals surface area contributed by atoms with Gasteiger partial charge in [0.05, 0.1) is 26.4 Å². The molecule has 0 saturated carbocycles. The Morgan fingerprint density at radius 1 is 1.08 bits per heavy atom. The fraction of sp³-hybridized carbons (Fsp3) is 0.125. The van der Waals surface area contributed by atoms with E-state index < -0.39 is 5.91 Å². The minimum Gasteiger partial charge on any atom is -0.482 e. The van der Waals surface area contributed by atoms with Gasteiger partial charge in [0.2, 0.25) is 5.91 Å². The molecule has 0 spiro atoms. The highest BCUT2D eigenvalue weighted by atomic mass is 35.5. The summed E-state index contributed by atoms with van der Waals surface area (Å²) >= 11 is 23.8. The Balaban J connectivity index is 1.81. The third-order valence-electron chi connectivity index (χ3n) is 3.45. The standard InChI is InChI=1S/C16H10Cl4N2O3/c17-8-1-2-14-13(3-8)22(16(24)7-25-14)6-15(23)21-12-5-10(19)9(18)4-11(12)20/h1-5H,6-7H2,(H,21,23). The summed E-state index contributed by atoms with van der Waals surface area (Å²) in [6, 6.07) is 7.72. The zero-order valence-corrected chi connectivity index (χ0v) is 15.5. The SMILES string of the molecule is O=C(CN1C(=O)COc2ccc(Cl)cc21)Nc1cc(Cl)c(Cl)cc1Cl. The van der Waals surface area contributed by atoms with Crippen LogP contribution in [0.4, 0.5) is 11.4 Å². The Hall–Kier alpha value is -1.66. The van der Waals surface area contributed by atoms with Gasteiger partial charge in [0.25, 0.3) is 5.91 Å². The van der Waals surface area contributed by atoms with Crippen molar-refractivity contribution in [2.75, 3.05) is 23.4 Å². The molecular formula is C16H10Cl4N2O3. The average Bonchev–Trinajstić information content (AvgIpc) is 2.55. The molecule has 0 radical (unpaired) electrons. The normalized spacial score (nSPS) is 13.3. The van der Waals surface area contributed by atoms with E-state index in [0.717, 1.165) is 0 Å². The van der Waals surface area contributed by atoms with Gasteiger partial charge in [0.15, 0.2) is 6.61 Å². The van der Waals surface area contributed by atoms with Crippen molar-refractivity contribution < 1.29 is 14.3 Å². The summed E-state index contributed by atoms with van der Waals surface area (Å²) in [7, 11) is 0. The lowest BCUT2D eigenvalue weighted by molar-refractivity contribution is -0.123. The molecule has 1 N–H and O–H groups in total. The van der Waals surface area contributed by atoms with Gasteiger partial charge in [-0.2, -0.15) is 0 Å². The van der Waals surface area contributed by atoms with Crippen molar-refractivity contribution >= 4 is 69.6 Å². The van der Waals surface area contributed by atoms with Crippen molar-refractivity contribution in [1.82, 2.24) is 0 Å². The zero-order chi connectivity index (χ0) is 18.1. The van der Waals surface area contributed by atoms with Crippen LogP contribution >= 0.6 is 46.4 Å². The molecule has 130 valence electrons. The van der Waals surface area contributed by atoms with Gasteiger partial charge in [-0.3, -0.25) is 14.5 Å². The largest absolute Gasteiger partial charge is 0.482 e. The number of hydrogen-bond acceptors (Lipinski definition) is 3. The number of fused-ring (bicyclic) bond motifs is 1. The summed E-state index contributed by atoms with van der Waals surface area (Å²) in [6.45, 7) is -0.387. The van der Waals surface area contributed by atoms with E-state index in [4.69, 9.17) is 51.1 Å². The first-order chi connectivity index (χ1) is 11.8. The first-order valence-electron chi connectivity index (χ1n) is 7.02. The molecule has 1 aliphatic rings. The van der Waals surface area contributed by atoms with E-state index in [1.54, 1.807) is 18.2 Å². The van der Waals surface area contributed by atoms with Crippen LogP contribution in [0.5, 0.6) is 5.75 Å². The van der Waals surface area contributed by atoms with E-state index in [0.29, 0.717) is 22.1 Å². The molecule has 2 aromatic rings. The summed E-state index contributed by atoms with van der Waals surface area (Å²) in [5.41, 5.74) is 0.729. The second kappa shape index (κ2) is 7.30. The van der Waals surface area contributed by atoms with Gasteiger partial charge >= 0.3 is 0 Å². The Morgan fingerprint density at radius 2 is 1.80 bits per heavy atom. The number of carbonyl (C=O) groups is 2. The van der Waals surface area contributed by atoms with Gasteiger partial charge in [0, 0.05) is 5.02 Å². The quantitative estimate of drug-likeness (QED) is 0.735. The molecule has 5 nitrogen and oxygen atoms in total. The predicted molar refractivity (Wildman–Crippen MR) is 99.4 cm³/mol. The third kappa shape index (κ3) is 3.96. The van der Waals surface area contributed by atoms with Crippen molar-refractivity contribution in [1.29, 1.82) is 0 Å². The van der Waals surface area contributed by atoms with E-state index in [9.17, 15) is 9.59 Å². The Bertz CT molecular complexity index is 873. The fourth-order valence-electron chi connectivity index (χ4n) is 2.30. The second-order valence-corrected chi connectivity index (χ2v) is 6.83. The van der Waals surface area contributed by atoms with Crippen LogP contribution in [0, 0.1) is 0 Å². The Labute approximate surface area is 163 Å². The van der Waals surface area contributed by atoms with Crippen molar-refractivity contribution in [3.05, 3.63) is 50.4 Å². The molecule has 0 atom stereocenters. The number of anilines is 2. The molecule has 1 aliphatic heterocycles. The minimum absolute atomic E-state index is 0.157. The molecule has 9 heteroatoms. The van der Waals surface area contributed by atoms with Crippen LogP contribution in [0.1, 0.15) is 0 Å². The summed E-state index contributed by atoms with van der Waals surface area (Å²) in [6.07, 6.45) is 0. The molecule has 0 fully saturated rings. The molecule has 0 aromatic heterocycles. The van der Waals surface area contributed by atoms with Gasteiger partial charge in [-0.05, 0) is 30.3 Å². The molecule has 0 saturated heterocycles. The fourth-order valence-corrected chi connectivity index (χ4v) is 3.06. The number of nitrogens with one attached hydrogen (secondary N) is 1. The molecule has 2 amide bonds. The van der Waals surface area contributed by atoms with E-state index in [-0.39, 0.29) is 34.1 Å². The smallest absolute Gasteiger partial charge is 0.265 e. The number of benzene rings is 2. The molecule has 0 aliphatic carbocycles. The number of amides is 2. The summed E-state index contributed by atoms with van der Waals surface area (Å²) in [4.78, 5) is 25.8. The number of ether oxygens (including phenoxy) is 1. The van der Waals surface area contributed by atoms with E-state index in [1.165, 1.54) is 17.0 Å². The summed E-state index contributed by atoms with van der Waals surface area (Å²) in [5, 5.41) is 3.80. The van der Waals surface area contributed by atoms with E-state index >= 15 is 0 Å². The van der Waals surface area contributed by atoms with Gasteiger partial charge in [-0.1, -0.05) is 46.4 Å². The van der Waals surface area contributed by atoms with Crippen LogP contribution < -0.4 is 15.0 Å². The molecule has 25 heavy (non-hydrogen) atoms. The highest BCUT2D eigenvalue weighted by molar-refractivity contribution is 6.44. The number of carbonyl (C=O) groups excluding carboxylic acids is 2. The van der Waals surface area contributed by atoms with Crippen LogP contribution in [0.25, 0.3) is 0 Å². The van der Waals surface area contributed by atoms with Gasteiger partial charge in [-0.25, -0.2) is 0 Å².